The molecule has 1 atom stereocenters. The van der Waals surface area contributed by atoms with Crippen LogP contribution in [0, 0.1) is 20.8 Å². The van der Waals surface area contributed by atoms with Crippen LogP contribution < -0.4 is 5.73 Å². The van der Waals surface area contributed by atoms with Crippen molar-refractivity contribution in [1.29, 1.82) is 0 Å². The zero-order valence-electron chi connectivity index (χ0n) is 10.9. The van der Waals surface area contributed by atoms with Crippen molar-refractivity contribution in [3.05, 3.63) is 46.8 Å². The lowest BCUT2D eigenvalue weighted by atomic mass is 10.1. The molecule has 1 heterocycles. The molecule has 1 aromatic heterocycles. The SMILES string of the molecule is Cc1cccc(C(CN)Sc2nc(C)c(C)o2)c1. The number of hydrogen-bond acceptors (Lipinski definition) is 4. The maximum absolute atomic E-state index is 5.86. The number of hydrogen-bond donors (Lipinski definition) is 1. The average molecular weight is 262 g/mol. The van der Waals surface area contributed by atoms with Crippen molar-refractivity contribution in [3.63, 3.8) is 0 Å². The molecular weight excluding hydrogens is 244 g/mol. The van der Waals surface area contributed by atoms with Crippen LogP contribution >= 0.6 is 11.8 Å². The predicted molar refractivity (Wildman–Crippen MR) is 74.8 cm³/mol. The summed E-state index contributed by atoms with van der Waals surface area (Å²) in [4.78, 5) is 4.39. The summed E-state index contributed by atoms with van der Waals surface area (Å²) in [5.74, 6) is 0.873. The van der Waals surface area contributed by atoms with Gasteiger partial charge in [0.15, 0.2) is 0 Å². The molecular formula is C14H18N2OS. The van der Waals surface area contributed by atoms with E-state index in [-0.39, 0.29) is 5.25 Å². The molecule has 1 aromatic carbocycles. The van der Waals surface area contributed by atoms with Crippen molar-refractivity contribution in [2.24, 2.45) is 5.73 Å². The molecule has 0 aliphatic heterocycles. The van der Waals surface area contributed by atoms with Gasteiger partial charge in [0.05, 0.1) is 10.9 Å². The van der Waals surface area contributed by atoms with Gasteiger partial charge in [-0.3, -0.25) is 0 Å². The Morgan fingerprint density at radius 3 is 2.67 bits per heavy atom. The van der Waals surface area contributed by atoms with Crippen LogP contribution in [0.1, 0.15) is 27.8 Å². The van der Waals surface area contributed by atoms with Crippen LogP contribution in [0.2, 0.25) is 0 Å². The van der Waals surface area contributed by atoms with Gasteiger partial charge in [-0.15, -0.1) is 0 Å². The maximum atomic E-state index is 5.86. The first kappa shape index (κ1) is 13.2. The summed E-state index contributed by atoms with van der Waals surface area (Å²) in [6.45, 7) is 6.53. The molecule has 1 unspecified atom stereocenters. The van der Waals surface area contributed by atoms with E-state index in [4.69, 9.17) is 10.2 Å². The zero-order chi connectivity index (χ0) is 13.1. The molecule has 0 aliphatic carbocycles. The Kier molecular flexibility index (Phi) is 4.09. The Balaban J connectivity index is 2.19. The van der Waals surface area contributed by atoms with Crippen LogP contribution in [-0.2, 0) is 0 Å². The minimum atomic E-state index is 0.183. The van der Waals surface area contributed by atoms with E-state index < -0.39 is 0 Å². The summed E-state index contributed by atoms with van der Waals surface area (Å²) >= 11 is 1.58. The number of rotatable bonds is 4. The topological polar surface area (TPSA) is 52.0 Å². The minimum Gasteiger partial charge on any atom is -0.437 e. The third-order valence-corrected chi connectivity index (χ3v) is 4.01. The van der Waals surface area contributed by atoms with E-state index in [0.29, 0.717) is 11.8 Å². The van der Waals surface area contributed by atoms with Gasteiger partial charge < -0.3 is 10.2 Å². The molecule has 0 saturated heterocycles. The second kappa shape index (κ2) is 5.59. The first-order chi connectivity index (χ1) is 8.60. The van der Waals surface area contributed by atoms with Crippen LogP contribution in [0.3, 0.4) is 0 Å². The number of aryl methyl sites for hydroxylation is 3. The molecule has 18 heavy (non-hydrogen) atoms. The summed E-state index contributed by atoms with van der Waals surface area (Å²) in [6.07, 6.45) is 0. The van der Waals surface area contributed by atoms with Crippen molar-refractivity contribution in [2.75, 3.05) is 6.54 Å². The Bertz CT molecular complexity index is 517. The zero-order valence-corrected chi connectivity index (χ0v) is 11.8. The molecule has 2 rings (SSSR count). The highest BCUT2D eigenvalue weighted by atomic mass is 32.2. The second-order valence-electron chi connectivity index (χ2n) is 4.38. The van der Waals surface area contributed by atoms with E-state index >= 15 is 0 Å². The fourth-order valence-corrected chi connectivity index (χ4v) is 2.72. The number of oxazole rings is 1. The van der Waals surface area contributed by atoms with Gasteiger partial charge in [-0.2, -0.15) is 0 Å². The van der Waals surface area contributed by atoms with Gasteiger partial charge in [-0.25, -0.2) is 4.98 Å². The first-order valence-corrected chi connectivity index (χ1v) is 6.85. The van der Waals surface area contributed by atoms with E-state index in [1.165, 1.54) is 11.1 Å². The maximum Gasteiger partial charge on any atom is 0.256 e. The fourth-order valence-electron chi connectivity index (χ4n) is 1.74. The van der Waals surface area contributed by atoms with Gasteiger partial charge in [0.1, 0.15) is 5.76 Å². The monoisotopic (exact) mass is 262 g/mol. The highest BCUT2D eigenvalue weighted by Crippen LogP contribution is 2.34. The molecule has 0 saturated carbocycles. The Morgan fingerprint density at radius 1 is 1.33 bits per heavy atom. The van der Waals surface area contributed by atoms with Gasteiger partial charge >= 0.3 is 0 Å². The predicted octanol–water partition coefficient (Wildman–Crippen LogP) is 3.39. The molecule has 4 heteroatoms. The number of aromatic nitrogens is 1. The summed E-state index contributed by atoms with van der Waals surface area (Å²) < 4.78 is 5.59. The number of thioether (sulfide) groups is 1. The van der Waals surface area contributed by atoms with Gasteiger partial charge in [-0.1, -0.05) is 41.6 Å². The normalized spacial score (nSPS) is 12.7. The van der Waals surface area contributed by atoms with Gasteiger partial charge in [0.2, 0.25) is 0 Å². The number of nitrogens with two attached hydrogens (primary N) is 1. The Labute approximate surface area is 112 Å². The van der Waals surface area contributed by atoms with Gasteiger partial charge in [-0.05, 0) is 26.3 Å². The lowest BCUT2D eigenvalue weighted by Gasteiger charge is -2.13. The van der Waals surface area contributed by atoms with Crippen LogP contribution in [0.4, 0.5) is 0 Å². The van der Waals surface area contributed by atoms with Crippen LogP contribution in [0.5, 0.6) is 0 Å². The van der Waals surface area contributed by atoms with Crippen LogP contribution in [-0.4, -0.2) is 11.5 Å². The van der Waals surface area contributed by atoms with Crippen LogP contribution in [0.25, 0.3) is 0 Å². The minimum absolute atomic E-state index is 0.183. The molecule has 2 N–H and O–H groups in total. The van der Waals surface area contributed by atoms with E-state index in [0.717, 1.165) is 11.5 Å². The van der Waals surface area contributed by atoms with E-state index in [1.807, 2.05) is 13.8 Å². The highest BCUT2D eigenvalue weighted by molar-refractivity contribution is 7.99. The number of benzene rings is 1. The van der Waals surface area contributed by atoms with Crippen LogP contribution in [0.15, 0.2) is 33.9 Å². The third-order valence-electron chi connectivity index (χ3n) is 2.88. The molecule has 0 bridgehead atoms. The lowest BCUT2D eigenvalue weighted by Crippen LogP contribution is -2.09. The van der Waals surface area contributed by atoms with Crippen molar-refractivity contribution in [1.82, 2.24) is 4.98 Å². The standard InChI is InChI=1S/C14H18N2OS/c1-9-5-4-6-12(7-9)13(8-15)18-14-16-10(2)11(3)17-14/h4-7,13H,8,15H2,1-3H3. The van der Waals surface area contributed by atoms with Crippen molar-refractivity contribution in [3.8, 4) is 0 Å². The summed E-state index contributed by atoms with van der Waals surface area (Å²) in [7, 11) is 0. The second-order valence-corrected chi connectivity index (χ2v) is 5.53. The largest absolute Gasteiger partial charge is 0.437 e. The van der Waals surface area contributed by atoms with Crippen molar-refractivity contribution < 1.29 is 4.42 Å². The number of nitrogens with zero attached hydrogens (tertiary/aromatic N) is 1. The molecule has 0 fully saturated rings. The molecule has 0 radical (unpaired) electrons. The quantitative estimate of drug-likeness (QED) is 0.858. The molecule has 96 valence electrons. The lowest BCUT2D eigenvalue weighted by molar-refractivity contribution is 0.430. The van der Waals surface area contributed by atoms with E-state index in [2.05, 4.69) is 36.2 Å². The van der Waals surface area contributed by atoms with Crippen molar-refractivity contribution in [2.45, 2.75) is 31.2 Å². The summed E-state index contributed by atoms with van der Waals surface area (Å²) in [5.41, 5.74) is 9.26. The van der Waals surface area contributed by atoms with E-state index in [1.54, 1.807) is 11.8 Å². The highest BCUT2D eigenvalue weighted by Gasteiger charge is 2.16. The fraction of sp³-hybridized carbons (Fsp3) is 0.357. The molecule has 0 aliphatic rings. The molecule has 0 amide bonds. The first-order valence-electron chi connectivity index (χ1n) is 5.97. The Hall–Kier alpha value is -1.26. The molecule has 0 spiro atoms. The third kappa shape index (κ3) is 2.94. The molecule has 2 aromatic rings. The van der Waals surface area contributed by atoms with Gasteiger partial charge in [0.25, 0.3) is 5.22 Å². The average Bonchev–Trinajstić information content (AvgIpc) is 2.65. The van der Waals surface area contributed by atoms with E-state index in [9.17, 15) is 0 Å². The summed E-state index contributed by atoms with van der Waals surface area (Å²) in [6, 6.07) is 8.40. The molecule has 3 nitrogen and oxygen atoms in total. The van der Waals surface area contributed by atoms with Crippen molar-refractivity contribution >= 4 is 11.8 Å². The smallest absolute Gasteiger partial charge is 0.256 e. The Morgan fingerprint density at radius 2 is 2.11 bits per heavy atom. The summed E-state index contributed by atoms with van der Waals surface area (Å²) in [5, 5.41) is 0.879. The van der Waals surface area contributed by atoms with Gasteiger partial charge in [0, 0.05) is 6.54 Å².